The quantitative estimate of drug-likeness (QED) is 0.700. The van der Waals surface area contributed by atoms with Gasteiger partial charge in [-0.25, -0.2) is 0 Å². The summed E-state index contributed by atoms with van der Waals surface area (Å²) in [6.45, 7) is 5.05. The van der Waals surface area contributed by atoms with E-state index >= 15 is 0 Å². The third-order valence-electron chi connectivity index (χ3n) is 2.88. The topological polar surface area (TPSA) is 70.6 Å². The van der Waals surface area contributed by atoms with Crippen LogP contribution in [0, 0.1) is 0 Å². The van der Waals surface area contributed by atoms with Gasteiger partial charge in [-0.05, 0) is 19.9 Å². The second-order valence-corrected chi connectivity index (χ2v) is 4.30. The molecule has 0 fully saturated rings. The van der Waals surface area contributed by atoms with Crippen LogP contribution in [-0.2, 0) is 4.79 Å². The molecular weight excluding hydrogens is 244 g/mol. The number of aromatic hydroxyl groups is 1. The average Bonchev–Trinajstić information content (AvgIpc) is 2.38. The Bertz CT molecular complexity index is 421. The molecule has 0 aromatic heterocycles. The summed E-state index contributed by atoms with van der Waals surface area (Å²) in [5.74, 6) is 0.842. The Kier molecular flexibility index (Phi) is 6.15. The Balaban J connectivity index is 2.49. The fraction of sp³-hybridized carbons (Fsp3) is 0.500. The number of carbonyl (C=O) groups is 1. The molecule has 1 atom stereocenters. The van der Waals surface area contributed by atoms with Crippen molar-refractivity contribution in [2.45, 2.75) is 26.3 Å². The molecule has 1 aromatic carbocycles. The fourth-order valence-electron chi connectivity index (χ4n) is 1.81. The summed E-state index contributed by atoms with van der Waals surface area (Å²) in [7, 11) is 1.56. The highest BCUT2D eigenvalue weighted by Gasteiger charge is 2.11. The highest BCUT2D eigenvalue weighted by molar-refractivity contribution is 5.75. The largest absolute Gasteiger partial charge is 0.507 e. The number of amides is 1. The van der Waals surface area contributed by atoms with Gasteiger partial charge in [0.2, 0.25) is 5.91 Å². The first-order chi connectivity index (χ1) is 9.08. The van der Waals surface area contributed by atoms with E-state index in [9.17, 15) is 9.90 Å². The molecule has 3 N–H and O–H groups in total. The number of nitrogens with one attached hydrogen (secondary N) is 2. The van der Waals surface area contributed by atoms with Crippen molar-refractivity contribution in [3.63, 3.8) is 0 Å². The SMILES string of the molecule is CCNC(=O)CCNC(C)c1ccc(OC)cc1O. The molecule has 106 valence electrons. The van der Waals surface area contributed by atoms with Gasteiger partial charge < -0.3 is 20.5 Å². The molecule has 0 bridgehead atoms. The zero-order chi connectivity index (χ0) is 14.3. The minimum absolute atomic E-state index is 0.0275. The van der Waals surface area contributed by atoms with Gasteiger partial charge in [-0.3, -0.25) is 4.79 Å². The molecule has 0 saturated carbocycles. The van der Waals surface area contributed by atoms with Crippen molar-refractivity contribution in [2.24, 2.45) is 0 Å². The normalized spacial score (nSPS) is 11.9. The third-order valence-corrected chi connectivity index (χ3v) is 2.88. The van der Waals surface area contributed by atoms with Crippen LogP contribution >= 0.6 is 0 Å². The van der Waals surface area contributed by atoms with Crippen LogP contribution in [0.4, 0.5) is 0 Å². The number of methoxy groups -OCH3 is 1. The van der Waals surface area contributed by atoms with Crippen LogP contribution in [0.1, 0.15) is 31.9 Å². The van der Waals surface area contributed by atoms with E-state index in [4.69, 9.17) is 4.74 Å². The Hall–Kier alpha value is -1.75. The zero-order valence-electron chi connectivity index (χ0n) is 11.7. The Morgan fingerprint density at radius 1 is 1.47 bits per heavy atom. The number of hydrogen-bond acceptors (Lipinski definition) is 4. The van der Waals surface area contributed by atoms with Crippen LogP contribution in [0.5, 0.6) is 11.5 Å². The van der Waals surface area contributed by atoms with E-state index in [1.165, 1.54) is 0 Å². The Labute approximate surface area is 114 Å². The van der Waals surface area contributed by atoms with Crippen molar-refractivity contribution in [1.29, 1.82) is 0 Å². The number of carbonyl (C=O) groups excluding carboxylic acids is 1. The average molecular weight is 266 g/mol. The molecule has 1 aromatic rings. The van der Waals surface area contributed by atoms with Gasteiger partial charge in [-0.1, -0.05) is 6.07 Å². The maximum Gasteiger partial charge on any atom is 0.221 e. The van der Waals surface area contributed by atoms with E-state index in [1.807, 2.05) is 19.9 Å². The molecule has 0 aliphatic heterocycles. The van der Waals surface area contributed by atoms with Gasteiger partial charge in [0, 0.05) is 37.2 Å². The predicted octanol–water partition coefficient (Wildman–Crippen LogP) is 1.58. The van der Waals surface area contributed by atoms with Crippen molar-refractivity contribution >= 4 is 5.91 Å². The molecule has 0 radical (unpaired) electrons. The minimum Gasteiger partial charge on any atom is -0.507 e. The molecule has 5 nitrogen and oxygen atoms in total. The van der Waals surface area contributed by atoms with Crippen LogP contribution in [0.3, 0.4) is 0 Å². The molecule has 0 spiro atoms. The molecule has 1 unspecified atom stereocenters. The van der Waals surface area contributed by atoms with Crippen LogP contribution < -0.4 is 15.4 Å². The molecule has 0 aliphatic carbocycles. The second kappa shape index (κ2) is 7.63. The molecular formula is C14H22N2O3. The highest BCUT2D eigenvalue weighted by atomic mass is 16.5. The summed E-state index contributed by atoms with van der Waals surface area (Å²) < 4.78 is 5.04. The monoisotopic (exact) mass is 266 g/mol. The van der Waals surface area contributed by atoms with Crippen molar-refractivity contribution in [1.82, 2.24) is 10.6 Å². The molecule has 0 saturated heterocycles. The zero-order valence-corrected chi connectivity index (χ0v) is 11.7. The van der Waals surface area contributed by atoms with Crippen molar-refractivity contribution in [3.05, 3.63) is 23.8 Å². The van der Waals surface area contributed by atoms with Crippen molar-refractivity contribution in [2.75, 3.05) is 20.2 Å². The smallest absolute Gasteiger partial charge is 0.221 e. The lowest BCUT2D eigenvalue weighted by Crippen LogP contribution is -2.28. The van der Waals surface area contributed by atoms with Gasteiger partial charge in [0.1, 0.15) is 11.5 Å². The second-order valence-electron chi connectivity index (χ2n) is 4.30. The standard InChI is InChI=1S/C14H22N2O3/c1-4-15-14(18)7-8-16-10(2)12-6-5-11(19-3)9-13(12)17/h5-6,9-10,16-17H,4,7-8H2,1-3H3,(H,15,18). The van der Waals surface area contributed by atoms with E-state index in [2.05, 4.69) is 10.6 Å². The predicted molar refractivity (Wildman–Crippen MR) is 74.4 cm³/mol. The molecule has 0 heterocycles. The summed E-state index contributed by atoms with van der Waals surface area (Å²) in [5, 5.41) is 15.8. The van der Waals surface area contributed by atoms with E-state index < -0.39 is 0 Å². The molecule has 0 aliphatic rings. The third kappa shape index (κ3) is 4.79. The maximum absolute atomic E-state index is 11.3. The van der Waals surface area contributed by atoms with Gasteiger partial charge in [0.05, 0.1) is 7.11 Å². The number of phenolic OH excluding ortho intramolecular Hbond substituents is 1. The van der Waals surface area contributed by atoms with E-state index in [0.717, 1.165) is 5.56 Å². The lowest BCUT2D eigenvalue weighted by Gasteiger charge is -2.16. The molecule has 5 heteroatoms. The van der Waals surface area contributed by atoms with Crippen LogP contribution in [-0.4, -0.2) is 31.2 Å². The number of benzene rings is 1. The first-order valence-electron chi connectivity index (χ1n) is 6.45. The van der Waals surface area contributed by atoms with Crippen molar-refractivity contribution < 1.29 is 14.6 Å². The van der Waals surface area contributed by atoms with Crippen LogP contribution in [0.15, 0.2) is 18.2 Å². The summed E-state index contributed by atoms with van der Waals surface area (Å²) in [6, 6.07) is 5.17. The summed E-state index contributed by atoms with van der Waals surface area (Å²) >= 11 is 0. The lowest BCUT2D eigenvalue weighted by molar-refractivity contribution is -0.120. The fourth-order valence-corrected chi connectivity index (χ4v) is 1.81. The van der Waals surface area contributed by atoms with E-state index in [0.29, 0.717) is 25.3 Å². The van der Waals surface area contributed by atoms with Gasteiger partial charge in [0.25, 0.3) is 0 Å². The highest BCUT2D eigenvalue weighted by Crippen LogP contribution is 2.28. The van der Waals surface area contributed by atoms with E-state index in [1.54, 1.807) is 19.2 Å². The summed E-state index contributed by atoms with van der Waals surface area (Å²) in [4.78, 5) is 11.3. The maximum atomic E-state index is 11.3. The van der Waals surface area contributed by atoms with Gasteiger partial charge >= 0.3 is 0 Å². The number of phenols is 1. The summed E-state index contributed by atoms with van der Waals surface area (Å²) in [5.41, 5.74) is 0.789. The number of rotatable bonds is 7. The van der Waals surface area contributed by atoms with Crippen LogP contribution in [0.2, 0.25) is 0 Å². The first-order valence-corrected chi connectivity index (χ1v) is 6.45. The van der Waals surface area contributed by atoms with Crippen LogP contribution in [0.25, 0.3) is 0 Å². The van der Waals surface area contributed by atoms with Gasteiger partial charge in [-0.15, -0.1) is 0 Å². The van der Waals surface area contributed by atoms with Crippen molar-refractivity contribution in [3.8, 4) is 11.5 Å². The van der Waals surface area contributed by atoms with E-state index in [-0.39, 0.29) is 17.7 Å². The number of hydrogen-bond donors (Lipinski definition) is 3. The molecule has 1 amide bonds. The molecule has 19 heavy (non-hydrogen) atoms. The number of ether oxygens (including phenoxy) is 1. The van der Waals surface area contributed by atoms with Gasteiger partial charge in [-0.2, -0.15) is 0 Å². The Morgan fingerprint density at radius 3 is 2.79 bits per heavy atom. The molecule has 1 rings (SSSR count). The van der Waals surface area contributed by atoms with Gasteiger partial charge in [0.15, 0.2) is 0 Å². The first kappa shape index (κ1) is 15.3. The minimum atomic E-state index is -0.0275. The lowest BCUT2D eigenvalue weighted by atomic mass is 10.1. The summed E-state index contributed by atoms with van der Waals surface area (Å²) in [6.07, 6.45) is 0.426. The Morgan fingerprint density at radius 2 is 2.21 bits per heavy atom.